The molecule has 1 aromatic rings. The fourth-order valence-corrected chi connectivity index (χ4v) is 1.60. The van der Waals surface area contributed by atoms with E-state index in [2.05, 4.69) is 0 Å². The van der Waals surface area contributed by atoms with Crippen LogP contribution < -0.4 is 5.73 Å². The molecule has 0 spiro atoms. The molecule has 0 bridgehead atoms. The fourth-order valence-electron chi connectivity index (χ4n) is 0.801. The second-order valence-electron chi connectivity index (χ2n) is 2.67. The number of carboxylic acid groups (broad SMARTS) is 1. The monoisotopic (exact) mass is 197 g/mol. The molecule has 0 amide bonds. The summed E-state index contributed by atoms with van der Waals surface area (Å²) < 4.78 is 0. The Morgan fingerprint density at radius 2 is 2.00 bits per heavy atom. The van der Waals surface area contributed by atoms with E-state index in [4.69, 9.17) is 10.8 Å². The lowest BCUT2D eigenvalue weighted by Crippen LogP contribution is -2.10. The zero-order valence-electron chi connectivity index (χ0n) is 7.23. The SMILES string of the molecule is C[C@H](Sc1ccc(N)cc1)C(=O)O. The van der Waals surface area contributed by atoms with Gasteiger partial charge in [-0.25, -0.2) is 0 Å². The summed E-state index contributed by atoms with van der Waals surface area (Å²) in [6, 6.07) is 7.16. The molecular weight excluding hydrogens is 186 g/mol. The van der Waals surface area contributed by atoms with Gasteiger partial charge in [-0.3, -0.25) is 4.79 Å². The smallest absolute Gasteiger partial charge is 0.316 e. The molecule has 1 atom stereocenters. The van der Waals surface area contributed by atoms with E-state index in [0.717, 1.165) is 4.90 Å². The molecule has 0 saturated carbocycles. The second kappa shape index (κ2) is 4.18. The summed E-state index contributed by atoms with van der Waals surface area (Å²) in [4.78, 5) is 11.4. The Balaban J connectivity index is 2.64. The number of nitrogens with two attached hydrogens (primary N) is 1. The first kappa shape index (κ1) is 9.92. The van der Waals surface area contributed by atoms with E-state index >= 15 is 0 Å². The number of hydrogen-bond donors (Lipinski definition) is 2. The summed E-state index contributed by atoms with van der Waals surface area (Å²) in [5.41, 5.74) is 6.18. The number of hydrogen-bond acceptors (Lipinski definition) is 3. The molecule has 3 nitrogen and oxygen atoms in total. The van der Waals surface area contributed by atoms with Crippen LogP contribution in [0.3, 0.4) is 0 Å². The summed E-state index contributed by atoms with van der Waals surface area (Å²) in [5, 5.41) is 8.23. The molecule has 0 aromatic heterocycles. The third-order valence-corrected chi connectivity index (χ3v) is 2.64. The van der Waals surface area contributed by atoms with Crippen molar-refractivity contribution in [1.29, 1.82) is 0 Å². The summed E-state index contributed by atoms with van der Waals surface area (Å²) in [7, 11) is 0. The molecule has 0 fully saturated rings. The van der Waals surface area contributed by atoms with Gasteiger partial charge < -0.3 is 10.8 Å². The Morgan fingerprint density at radius 3 is 2.46 bits per heavy atom. The van der Waals surface area contributed by atoms with Crippen LogP contribution in [0.5, 0.6) is 0 Å². The van der Waals surface area contributed by atoms with Crippen LogP contribution in [-0.4, -0.2) is 16.3 Å². The number of nitrogen functional groups attached to an aromatic ring is 1. The first-order chi connectivity index (χ1) is 6.09. The number of benzene rings is 1. The van der Waals surface area contributed by atoms with E-state index in [1.165, 1.54) is 11.8 Å². The first-order valence-electron chi connectivity index (χ1n) is 3.84. The highest BCUT2D eigenvalue weighted by Crippen LogP contribution is 2.23. The largest absolute Gasteiger partial charge is 0.480 e. The van der Waals surface area contributed by atoms with Gasteiger partial charge >= 0.3 is 5.97 Å². The highest BCUT2D eigenvalue weighted by Gasteiger charge is 2.11. The van der Waals surface area contributed by atoms with Crippen molar-refractivity contribution in [3.8, 4) is 0 Å². The van der Waals surface area contributed by atoms with Crippen molar-refractivity contribution >= 4 is 23.4 Å². The van der Waals surface area contributed by atoms with Crippen molar-refractivity contribution < 1.29 is 9.90 Å². The van der Waals surface area contributed by atoms with Crippen molar-refractivity contribution in [3.63, 3.8) is 0 Å². The highest BCUT2D eigenvalue weighted by atomic mass is 32.2. The Labute approximate surface area is 80.9 Å². The van der Waals surface area contributed by atoms with E-state index in [9.17, 15) is 4.79 Å². The quantitative estimate of drug-likeness (QED) is 0.573. The van der Waals surface area contributed by atoms with Crippen molar-refractivity contribution in [3.05, 3.63) is 24.3 Å². The van der Waals surface area contributed by atoms with Crippen LogP contribution in [0.4, 0.5) is 5.69 Å². The van der Waals surface area contributed by atoms with Crippen LogP contribution in [0.2, 0.25) is 0 Å². The van der Waals surface area contributed by atoms with Gasteiger partial charge in [0.1, 0.15) is 5.25 Å². The summed E-state index contributed by atoms with van der Waals surface area (Å²) in [6.45, 7) is 1.66. The predicted molar refractivity (Wildman–Crippen MR) is 53.8 cm³/mol. The molecule has 0 aliphatic heterocycles. The molecule has 4 heteroatoms. The first-order valence-corrected chi connectivity index (χ1v) is 4.72. The van der Waals surface area contributed by atoms with Crippen LogP contribution >= 0.6 is 11.8 Å². The van der Waals surface area contributed by atoms with E-state index in [1.807, 2.05) is 12.1 Å². The number of carboxylic acids is 1. The molecule has 3 N–H and O–H groups in total. The average molecular weight is 197 g/mol. The Kier molecular flexibility index (Phi) is 3.19. The van der Waals surface area contributed by atoms with E-state index in [-0.39, 0.29) is 0 Å². The maximum atomic E-state index is 10.5. The lowest BCUT2D eigenvalue weighted by atomic mass is 10.3. The molecule has 70 valence electrons. The van der Waals surface area contributed by atoms with Gasteiger partial charge in [-0.2, -0.15) is 0 Å². The third kappa shape index (κ3) is 2.99. The van der Waals surface area contributed by atoms with Gasteiger partial charge in [0, 0.05) is 10.6 Å². The predicted octanol–water partition coefficient (Wildman–Crippen LogP) is 1.83. The normalized spacial score (nSPS) is 12.4. The zero-order chi connectivity index (χ0) is 9.84. The van der Waals surface area contributed by atoms with Crippen molar-refractivity contribution in [1.82, 2.24) is 0 Å². The number of anilines is 1. The van der Waals surface area contributed by atoms with Crippen molar-refractivity contribution in [2.24, 2.45) is 0 Å². The standard InChI is InChI=1S/C9H11NO2S/c1-6(9(11)12)13-8-4-2-7(10)3-5-8/h2-6H,10H2,1H3,(H,11,12)/t6-/m0/s1. The molecule has 0 heterocycles. The minimum Gasteiger partial charge on any atom is -0.480 e. The van der Waals surface area contributed by atoms with Crippen molar-refractivity contribution in [2.75, 3.05) is 5.73 Å². The van der Waals surface area contributed by atoms with Gasteiger partial charge in [-0.05, 0) is 31.2 Å². The molecule has 13 heavy (non-hydrogen) atoms. The van der Waals surface area contributed by atoms with E-state index in [0.29, 0.717) is 5.69 Å². The lowest BCUT2D eigenvalue weighted by molar-refractivity contribution is -0.136. The molecule has 0 saturated heterocycles. The Bertz CT molecular complexity index is 297. The van der Waals surface area contributed by atoms with Crippen molar-refractivity contribution in [2.45, 2.75) is 17.1 Å². The Hall–Kier alpha value is -1.16. The van der Waals surface area contributed by atoms with Crippen LogP contribution in [0.1, 0.15) is 6.92 Å². The second-order valence-corrected chi connectivity index (χ2v) is 4.08. The van der Waals surface area contributed by atoms with Gasteiger partial charge in [0.25, 0.3) is 0 Å². The third-order valence-electron chi connectivity index (χ3n) is 1.54. The number of thioether (sulfide) groups is 1. The molecule has 0 unspecified atom stereocenters. The molecule has 0 radical (unpaired) electrons. The van der Waals surface area contributed by atoms with E-state index < -0.39 is 11.2 Å². The average Bonchev–Trinajstić information content (AvgIpc) is 2.08. The lowest BCUT2D eigenvalue weighted by Gasteiger charge is -2.05. The maximum Gasteiger partial charge on any atom is 0.316 e. The maximum absolute atomic E-state index is 10.5. The molecular formula is C9H11NO2S. The number of rotatable bonds is 3. The molecule has 1 aromatic carbocycles. The minimum absolute atomic E-state index is 0.427. The summed E-state index contributed by atoms with van der Waals surface area (Å²) >= 11 is 1.31. The van der Waals surface area contributed by atoms with Crippen LogP contribution in [-0.2, 0) is 4.79 Å². The topological polar surface area (TPSA) is 63.3 Å². The summed E-state index contributed by atoms with van der Waals surface area (Å²) in [6.07, 6.45) is 0. The number of aliphatic carboxylic acids is 1. The molecule has 1 rings (SSSR count). The van der Waals surface area contributed by atoms with Gasteiger partial charge in [-0.1, -0.05) is 0 Å². The highest BCUT2D eigenvalue weighted by molar-refractivity contribution is 8.00. The zero-order valence-corrected chi connectivity index (χ0v) is 8.04. The molecule has 0 aliphatic carbocycles. The molecule has 0 aliphatic rings. The Morgan fingerprint density at radius 1 is 1.46 bits per heavy atom. The van der Waals surface area contributed by atoms with Crippen LogP contribution in [0.25, 0.3) is 0 Å². The van der Waals surface area contributed by atoms with Gasteiger partial charge in [0.15, 0.2) is 0 Å². The van der Waals surface area contributed by atoms with Crippen LogP contribution in [0.15, 0.2) is 29.2 Å². The van der Waals surface area contributed by atoms with E-state index in [1.54, 1.807) is 19.1 Å². The fraction of sp³-hybridized carbons (Fsp3) is 0.222. The van der Waals surface area contributed by atoms with Gasteiger partial charge in [0.05, 0.1) is 0 Å². The summed E-state index contributed by atoms with van der Waals surface area (Å²) in [5.74, 6) is -0.804. The van der Waals surface area contributed by atoms with Crippen LogP contribution in [0, 0.1) is 0 Å². The van der Waals surface area contributed by atoms with Gasteiger partial charge in [0.2, 0.25) is 0 Å². The number of carbonyl (C=O) groups is 1. The van der Waals surface area contributed by atoms with Gasteiger partial charge in [-0.15, -0.1) is 11.8 Å². The minimum atomic E-state index is -0.804.